The van der Waals surface area contributed by atoms with Crippen LogP contribution >= 0.6 is 50.9 Å². The highest BCUT2D eigenvalue weighted by Gasteiger charge is 2.36. The summed E-state index contributed by atoms with van der Waals surface area (Å²) in [5, 5.41) is 0.0324. The predicted octanol–water partition coefficient (Wildman–Crippen LogP) is 7.35. The van der Waals surface area contributed by atoms with Gasteiger partial charge in [0.1, 0.15) is 11.6 Å². The maximum absolute atomic E-state index is 14.2. The minimum atomic E-state index is -0.615. The maximum atomic E-state index is 14.2. The summed E-state index contributed by atoms with van der Waals surface area (Å²) in [5.74, 6) is -1.65. The molecule has 0 unspecified atom stereocenters. The van der Waals surface area contributed by atoms with Gasteiger partial charge in [0.2, 0.25) is 0 Å². The van der Waals surface area contributed by atoms with E-state index in [0.717, 1.165) is 4.90 Å². The zero-order valence-electron chi connectivity index (χ0n) is 17.1. The molecule has 0 bridgehead atoms. The molecule has 3 aromatic carbocycles. The van der Waals surface area contributed by atoms with Gasteiger partial charge in [0, 0.05) is 25.6 Å². The van der Waals surface area contributed by atoms with Crippen molar-refractivity contribution >= 4 is 74.1 Å². The van der Waals surface area contributed by atoms with Gasteiger partial charge in [-0.2, -0.15) is 0 Å². The number of hydrogen-bond acceptors (Lipinski definition) is 5. The van der Waals surface area contributed by atoms with Crippen LogP contribution in [0.4, 0.5) is 9.18 Å². The second-order valence-electron chi connectivity index (χ2n) is 7.05. The van der Waals surface area contributed by atoms with Crippen molar-refractivity contribution in [2.75, 3.05) is 0 Å². The van der Waals surface area contributed by atoms with Crippen molar-refractivity contribution in [3.63, 3.8) is 0 Å². The van der Waals surface area contributed by atoms with E-state index in [0.29, 0.717) is 32.4 Å². The molecule has 3 aromatic rings. The van der Waals surface area contributed by atoms with Crippen molar-refractivity contribution in [3.8, 4) is 5.75 Å². The minimum Gasteiger partial charge on any atom is -0.422 e. The average molecular weight is 581 g/mol. The first-order chi connectivity index (χ1) is 16.2. The molecular weight excluding hydrogens is 568 g/mol. The molecule has 1 aliphatic heterocycles. The van der Waals surface area contributed by atoms with Crippen LogP contribution in [0.3, 0.4) is 0 Å². The number of thioether (sulfide) groups is 1. The number of hydrogen-bond donors (Lipinski definition) is 0. The zero-order chi connectivity index (χ0) is 24.4. The topological polar surface area (TPSA) is 63.7 Å². The molecular formula is C24H13BrCl2FNO4S. The Morgan fingerprint density at radius 2 is 1.82 bits per heavy atom. The Morgan fingerprint density at radius 3 is 2.53 bits per heavy atom. The number of imide groups is 1. The lowest BCUT2D eigenvalue weighted by Gasteiger charge is -2.14. The largest absolute Gasteiger partial charge is 0.422 e. The number of benzene rings is 3. The van der Waals surface area contributed by atoms with Crippen LogP contribution in [-0.4, -0.2) is 22.0 Å². The van der Waals surface area contributed by atoms with Crippen LogP contribution in [-0.2, 0) is 11.3 Å². The summed E-state index contributed by atoms with van der Waals surface area (Å²) < 4.78 is 20.4. The first-order valence-electron chi connectivity index (χ1n) is 9.68. The van der Waals surface area contributed by atoms with E-state index in [1.165, 1.54) is 36.4 Å². The number of carbonyl (C=O) groups is 3. The van der Waals surface area contributed by atoms with E-state index in [9.17, 15) is 18.8 Å². The second kappa shape index (κ2) is 10.3. The van der Waals surface area contributed by atoms with Crippen LogP contribution in [0.15, 0.2) is 70.0 Å². The summed E-state index contributed by atoms with van der Waals surface area (Å²) in [6, 6.07) is 15.2. The number of ether oxygens (including phenoxy) is 1. The quantitative estimate of drug-likeness (QED) is 0.179. The van der Waals surface area contributed by atoms with E-state index in [4.69, 9.17) is 27.9 Å². The predicted molar refractivity (Wildman–Crippen MR) is 133 cm³/mol. The molecule has 4 rings (SSSR count). The van der Waals surface area contributed by atoms with Gasteiger partial charge in [-0.25, -0.2) is 9.18 Å². The van der Waals surface area contributed by atoms with E-state index >= 15 is 0 Å². The molecule has 34 heavy (non-hydrogen) atoms. The lowest BCUT2D eigenvalue weighted by molar-refractivity contribution is -0.123. The van der Waals surface area contributed by atoms with Gasteiger partial charge in [0.15, 0.2) is 0 Å². The summed E-state index contributed by atoms with van der Waals surface area (Å²) >= 11 is 16.0. The van der Waals surface area contributed by atoms with Gasteiger partial charge in [0.05, 0.1) is 17.0 Å². The molecule has 1 heterocycles. The molecule has 5 nitrogen and oxygen atoms in total. The lowest BCUT2D eigenvalue weighted by Crippen LogP contribution is -2.28. The highest BCUT2D eigenvalue weighted by atomic mass is 79.9. The minimum absolute atomic E-state index is 0.0488. The molecule has 0 aliphatic carbocycles. The van der Waals surface area contributed by atoms with E-state index in [2.05, 4.69) is 15.9 Å². The van der Waals surface area contributed by atoms with Crippen molar-refractivity contribution in [3.05, 3.63) is 103 Å². The number of amides is 2. The maximum Gasteiger partial charge on any atom is 0.343 e. The van der Waals surface area contributed by atoms with E-state index in [1.807, 2.05) is 0 Å². The number of carbonyl (C=O) groups excluding carboxylic acids is 3. The monoisotopic (exact) mass is 579 g/mol. The summed E-state index contributed by atoms with van der Waals surface area (Å²) in [6.07, 6.45) is 1.45. The Kier molecular flexibility index (Phi) is 7.42. The molecule has 2 amide bonds. The SMILES string of the molecule is O=C(Oc1ccc(Br)cc1/C=C1\SC(=O)N(Cc2c(F)cccc2Cl)C1=O)c1ccc(Cl)cc1. The standard InChI is InChI=1S/C24H13BrCl2FNO4S/c25-15-6-9-20(33-23(31)13-4-7-16(26)8-5-13)14(10-15)11-21-22(30)29(24(32)34-21)12-17-18(27)2-1-3-19(17)28/h1-11H,12H2/b21-11-. The zero-order valence-corrected chi connectivity index (χ0v) is 21.0. The average Bonchev–Trinajstić information content (AvgIpc) is 3.05. The Bertz CT molecular complexity index is 1330. The van der Waals surface area contributed by atoms with Gasteiger partial charge < -0.3 is 4.74 Å². The van der Waals surface area contributed by atoms with E-state index in [1.54, 1.807) is 30.3 Å². The highest BCUT2D eigenvalue weighted by molar-refractivity contribution is 9.10. The van der Waals surface area contributed by atoms with E-state index < -0.39 is 22.9 Å². The fraction of sp³-hybridized carbons (Fsp3) is 0.0417. The van der Waals surface area contributed by atoms with Crippen molar-refractivity contribution in [2.24, 2.45) is 0 Å². The van der Waals surface area contributed by atoms with Crippen molar-refractivity contribution in [1.82, 2.24) is 4.90 Å². The third-order valence-corrected chi connectivity index (χ3v) is 6.80. The molecule has 0 atom stereocenters. The van der Waals surface area contributed by atoms with Gasteiger partial charge in [-0.3, -0.25) is 14.5 Å². The highest BCUT2D eigenvalue weighted by Crippen LogP contribution is 2.36. The molecule has 1 aliphatic rings. The number of nitrogens with zero attached hydrogens (tertiary/aromatic N) is 1. The summed E-state index contributed by atoms with van der Waals surface area (Å²) in [4.78, 5) is 39.0. The first kappa shape index (κ1) is 24.5. The van der Waals surface area contributed by atoms with Crippen LogP contribution < -0.4 is 4.74 Å². The summed E-state index contributed by atoms with van der Waals surface area (Å²) in [7, 11) is 0. The Balaban J connectivity index is 1.60. The number of esters is 1. The lowest BCUT2D eigenvalue weighted by atomic mass is 10.1. The third-order valence-electron chi connectivity index (χ3n) is 4.79. The molecule has 0 aromatic heterocycles. The molecule has 1 saturated heterocycles. The van der Waals surface area contributed by atoms with Crippen LogP contribution in [0.25, 0.3) is 6.08 Å². The molecule has 1 fully saturated rings. The van der Waals surface area contributed by atoms with Crippen LogP contribution in [0, 0.1) is 5.82 Å². The van der Waals surface area contributed by atoms with Crippen LogP contribution in [0.2, 0.25) is 10.0 Å². The second-order valence-corrected chi connectivity index (χ2v) is 9.80. The Labute approximate surface area is 216 Å². The van der Waals surface area contributed by atoms with Crippen LogP contribution in [0.5, 0.6) is 5.75 Å². The number of rotatable bonds is 5. The smallest absolute Gasteiger partial charge is 0.343 e. The molecule has 0 radical (unpaired) electrons. The first-order valence-corrected chi connectivity index (χ1v) is 12.0. The van der Waals surface area contributed by atoms with Gasteiger partial charge in [0.25, 0.3) is 11.1 Å². The van der Waals surface area contributed by atoms with Crippen molar-refractivity contribution in [1.29, 1.82) is 0 Å². The van der Waals surface area contributed by atoms with Gasteiger partial charge in [-0.1, -0.05) is 45.2 Å². The Morgan fingerprint density at radius 1 is 1.09 bits per heavy atom. The fourth-order valence-corrected chi connectivity index (χ4v) is 4.65. The summed E-state index contributed by atoms with van der Waals surface area (Å²) in [6.45, 7) is -0.301. The molecule has 10 heteroatoms. The third kappa shape index (κ3) is 5.36. The number of halogens is 4. The summed E-state index contributed by atoms with van der Waals surface area (Å²) in [5.41, 5.74) is 0.735. The van der Waals surface area contributed by atoms with Gasteiger partial charge >= 0.3 is 5.97 Å². The van der Waals surface area contributed by atoms with Gasteiger partial charge in [-0.05, 0) is 72.4 Å². The normalized spacial score (nSPS) is 14.7. The molecule has 0 saturated carbocycles. The van der Waals surface area contributed by atoms with E-state index in [-0.39, 0.29) is 27.8 Å². The van der Waals surface area contributed by atoms with Crippen molar-refractivity contribution < 1.29 is 23.5 Å². The molecule has 172 valence electrons. The fourth-order valence-electron chi connectivity index (χ4n) is 3.09. The van der Waals surface area contributed by atoms with Crippen LogP contribution in [0.1, 0.15) is 21.5 Å². The van der Waals surface area contributed by atoms with Crippen molar-refractivity contribution in [2.45, 2.75) is 6.54 Å². The molecule has 0 N–H and O–H groups in total. The molecule has 0 spiro atoms. The van der Waals surface area contributed by atoms with Gasteiger partial charge in [-0.15, -0.1) is 0 Å². The Hall–Kier alpha value is -2.65.